The molecule has 0 saturated heterocycles. The first-order valence-electron chi connectivity index (χ1n) is 27.9. The third kappa shape index (κ3) is 49.4. The van der Waals surface area contributed by atoms with Crippen molar-refractivity contribution in [2.75, 3.05) is 13.2 Å². The summed E-state index contributed by atoms with van der Waals surface area (Å²) in [6.07, 6.45) is 53.8. The molecule has 0 aromatic heterocycles. The lowest BCUT2D eigenvalue weighted by atomic mass is 10.0. The maximum Gasteiger partial charge on any atom is 0.306 e. The molecule has 0 aliphatic rings. The average molecular weight is 877 g/mol. The summed E-state index contributed by atoms with van der Waals surface area (Å²) in [5.74, 6) is 0.0115. The van der Waals surface area contributed by atoms with Gasteiger partial charge in [-0.2, -0.15) is 0 Å². The molecule has 368 valence electrons. The van der Waals surface area contributed by atoms with Gasteiger partial charge in [0.1, 0.15) is 13.2 Å². The molecule has 0 aromatic carbocycles. The molecule has 0 aliphatic heterocycles. The van der Waals surface area contributed by atoms with Crippen LogP contribution in [0.1, 0.15) is 317 Å². The summed E-state index contributed by atoms with van der Waals surface area (Å²) in [5.41, 5.74) is 0. The fourth-order valence-corrected chi connectivity index (χ4v) is 8.57. The molecular weight excluding hydrogens is 769 g/mol. The molecule has 62 heavy (non-hydrogen) atoms. The summed E-state index contributed by atoms with van der Waals surface area (Å²) in [5, 5.41) is 0. The smallest absolute Gasteiger partial charge is 0.306 e. The van der Waals surface area contributed by atoms with Crippen molar-refractivity contribution in [3.8, 4) is 0 Å². The van der Waals surface area contributed by atoms with E-state index in [1.807, 2.05) is 0 Å². The van der Waals surface area contributed by atoms with E-state index in [1.165, 1.54) is 212 Å². The minimum absolute atomic E-state index is 0.0624. The summed E-state index contributed by atoms with van der Waals surface area (Å²) in [6.45, 7) is 9.04. The van der Waals surface area contributed by atoms with Crippen LogP contribution in [0.4, 0.5) is 0 Å². The zero-order chi connectivity index (χ0) is 45.2. The lowest BCUT2D eigenvalue weighted by molar-refractivity contribution is -0.167. The third-order valence-electron chi connectivity index (χ3n) is 12.8. The van der Waals surface area contributed by atoms with Gasteiger partial charge in [0.05, 0.1) is 0 Å². The molecule has 0 rings (SSSR count). The Balaban J connectivity index is 4.18. The minimum Gasteiger partial charge on any atom is -0.462 e. The molecule has 1 atom stereocenters. The van der Waals surface area contributed by atoms with E-state index in [0.29, 0.717) is 19.3 Å². The van der Waals surface area contributed by atoms with Crippen molar-refractivity contribution in [2.24, 2.45) is 5.92 Å². The molecule has 0 aliphatic carbocycles. The van der Waals surface area contributed by atoms with Crippen LogP contribution < -0.4 is 0 Å². The first-order valence-corrected chi connectivity index (χ1v) is 27.9. The molecule has 0 unspecified atom stereocenters. The SMILES string of the molecule is CCCCCCCCCCCCCCCCCCC(=O)OC[C@@H](COC(=O)CCCCCCCCCCCCCCCCCCC(C)C)OC(=O)CCCCCCCCCCC. The van der Waals surface area contributed by atoms with E-state index in [4.69, 9.17) is 14.2 Å². The Bertz CT molecular complexity index is 933. The number of unbranched alkanes of at least 4 members (excludes halogenated alkanes) is 38. The summed E-state index contributed by atoms with van der Waals surface area (Å²) < 4.78 is 16.8. The van der Waals surface area contributed by atoms with Gasteiger partial charge in [0.15, 0.2) is 6.10 Å². The maximum atomic E-state index is 12.7. The van der Waals surface area contributed by atoms with Gasteiger partial charge < -0.3 is 14.2 Å². The Morgan fingerprint density at radius 2 is 0.532 bits per heavy atom. The van der Waals surface area contributed by atoms with Gasteiger partial charge in [-0.25, -0.2) is 0 Å². The summed E-state index contributed by atoms with van der Waals surface area (Å²) in [7, 11) is 0. The van der Waals surface area contributed by atoms with E-state index in [-0.39, 0.29) is 31.1 Å². The van der Waals surface area contributed by atoms with Crippen molar-refractivity contribution in [3.63, 3.8) is 0 Å². The fraction of sp³-hybridized carbons (Fsp3) is 0.946. The molecule has 6 heteroatoms. The standard InChI is InChI=1S/C56H108O6/c1-5-7-9-11-13-15-16-17-18-22-25-28-32-35-39-43-47-54(57)60-50-53(62-56(59)49-45-41-37-30-14-12-10-8-6-2)51-61-55(58)48-44-40-36-33-29-26-23-20-19-21-24-27-31-34-38-42-46-52(3)4/h52-53H,5-51H2,1-4H3/t53-/m0/s1. The zero-order valence-corrected chi connectivity index (χ0v) is 42.3. The molecule has 0 spiro atoms. The Labute approximate surface area is 387 Å². The zero-order valence-electron chi connectivity index (χ0n) is 42.3. The molecule has 0 radical (unpaired) electrons. The van der Waals surface area contributed by atoms with Crippen LogP contribution in [0.25, 0.3) is 0 Å². The van der Waals surface area contributed by atoms with Gasteiger partial charge in [0.2, 0.25) is 0 Å². The van der Waals surface area contributed by atoms with Crippen LogP contribution in [0.15, 0.2) is 0 Å². The number of carbonyl (C=O) groups is 3. The minimum atomic E-state index is -0.760. The van der Waals surface area contributed by atoms with E-state index in [9.17, 15) is 14.4 Å². The average Bonchev–Trinajstić information content (AvgIpc) is 3.26. The molecule has 0 fully saturated rings. The molecule has 0 bridgehead atoms. The van der Waals surface area contributed by atoms with Gasteiger partial charge >= 0.3 is 17.9 Å². The number of esters is 3. The molecule has 0 heterocycles. The summed E-state index contributed by atoms with van der Waals surface area (Å²) in [4.78, 5) is 38.0. The highest BCUT2D eigenvalue weighted by atomic mass is 16.6. The van der Waals surface area contributed by atoms with Crippen molar-refractivity contribution in [2.45, 2.75) is 323 Å². The molecular formula is C56H108O6. The van der Waals surface area contributed by atoms with Gasteiger partial charge in [-0.1, -0.05) is 278 Å². The predicted molar refractivity (Wildman–Crippen MR) is 266 cm³/mol. The quantitative estimate of drug-likeness (QED) is 0.0344. The van der Waals surface area contributed by atoms with Gasteiger partial charge in [-0.05, 0) is 25.2 Å². The lowest BCUT2D eigenvalue weighted by Gasteiger charge is -2.18. The topological polar surface area (TPSA) is 78.9 Å². The van der Waals surface area contributed by atoms with Gasteiger partial charge in [0, 0.05) is 19.3 Å². The summed E-state index contributed by atoms with van der Waals surface area (Å²) in [6, 6.07) is 0. The second-order valence-corrected chi connectivity index (χ2v) is 19.7. The number of hydrogen-bond donors (Lipinski definition) is 0. The van der Waals surface area contributed by atoms with Crippen molar-refractivity contribution in [1.82, 2.24) is 0 Å². The van der Waals surface area contributed by atoms with E-state index < -0.39 is 6.10 Å². The highest BCUT2D eigenvalue weighted by Gasteiger charge is 2.19. The molecule has 0 saturated carbocycles. The van der Waals surface area contributed by atoms with Crippen LogP contribution in [0.3, 0.4) is 0 Å². The van der Waals surface area contributed by atoms with E-state index >= 15 is 0 Å². The highest BCUT2D eigenvalue weighted by molar-refractivity contribution is 5.71. The van der Waals surface area contributed by atoms with E-state index in [2.05, 4.69) is 27.7 Å². The Morgan fingerprint density at radius 1 is 0.306 bits per heavy atom. The fourth-order valence-electron chi connectivity index (χ4n) is 8.57. The van der Waals surface area contributed by atoms with Gasteiger partial charge in [0.25, 0.3) is 0 Å². The first kappa shape index (κ1) is 60.4. The third-order valence-corrected chi connectivity index (χ3v) is 12.8. The second kappa shape index (κ2) is 50.4. The van der Waals surface area contributed by atoms with E-state index in [0.717, 1.165) is 63.7 Å². The largest absolute Gasteiger partial charge is 0.462 e. The monoisotopic (exact) mass is 877 g/mol. The molecule has 0 aromatic rings. The van der Waals surface area contributed by atoms with Crippen LogP contribution in [0.5, 0.6) is 0 Å². The second-order valence-electron chi connectivity index (χ2n) is 19.7. The molecule has 0 amide bonds. The van der Waals surface area contributed by atoms with Crippen molar-refractivity contribution in [1.29, 1.82) is 0 Å². The summed E-state index contributed by atoms with van der Waals surface area (Å²) >= 11 is 0. The van der Waals surface area contributed by atoms with Crippen LogP contribution in [-0.4, -0.2) is 37.2 Å². The van der Waals surface area contributed by atoms with E-state index in [1.54, 1.807) is 0 Å². The maximum absolute atomic E-state index is 12.7. The normalized spacial score (nSPS) is 12.0. The first-order chi connectivity index (χ1) is 30.4. The Morgan fingerprint density at radius 3 is 0.790 bits per heavy atom. The number of hydrogen-bond acceptors (Lipinski definition) is 6. The molecule has 0 N–H and O–H groups in total. The van der Waals surface area contributed by atoms with Crippen LogP contribution in [0, 0.1) is 5.92 Å². The van der Waals surface area contributed by atoms with Crippen molar-refractivity contribution in [3.05, 3.63) is 0 Å². The lowest BCUT2D eigenvalue weighted by Crippen LogP contribution is -2.30. The number of rotatable bonds is 51. The van der Waals surface area contributed by atoms with Crippen molar-refractivity contribution < 1.29 is 28.6 Å². The number of ether oxygens (including phenoxy) is 3. The van der Waals surface area contributed by atoms with Gasteiger partial charge in [-0.15, -0.1) is 0 Å². The Hall–Kier alpha value is -1.59. The predicted octanol–water partition coefficient (Wildman–Crippen LogP) is 18.2. The van der Waals surface area contributed by atoms with Crippen LogP contribution >= 0.6 is 0 Å². The molecule has 6 nitrogen and oxygen atoms in total. The van der Waals surface area contributed by atoms with Crippen LogP contribution in [-0.2, 0) is 28.6 Å². The highest BCUT2D eigenvalue weighted by Crippen LogP contribution is 2.18. The van der Waals surface area contributed by atoms with Crippen LogP contribution in [0.2, 0.25) is 0 Å². The van der Waals surface area contributed by atoms with Crippen molar-refractivity contribution >= 4 is 17.9 Å². The Kier molecular flexibility index (Phi) is 49.1. The van der Waals surface area contributed by atoms with Gasteiger partial charge in [-0.3, -0.25) is 14.4 Å². The number of carbonyl (C=O) groups excluding carboxylic acids is 3.